The summed E-state index contributed by atoms with van der Waals surface area (Å²) in [5.41, 5.74) is 2.20. The number of benzene rings is 2. The molecule has 0 saturated heterocycles. The lowest BCUT2D eigenvalue weighted by molar-refractivity contribution is 0.298. The van der Waals surface area contributed by atoms with Crippen LogP contribution in [0.25, 0.3) is 0 Å². The standard InChI is InChI=1S/C22H32N4O2/c1-6-23-22(25-18-12-13-20(27-4)21(15-18)28-5)24-16-19(26(2)3)14-17-10-8-7-9-11-17/h7-13,15,19H,6,14,16H2,1-5H3,(H2,23,24,25). The summed E-state index contributed by atoms with van der Waals surface area (Å²) in [6, 6.07) is 16.6. The Balaban J connectivity index is 2.11. The Kier molecular flexibility index (Phi) is 8.62. The molecule has 0 radical (unpaired) electrons. The molecule has 2 aromatic carbocycles. The van der Waals surface area contributed by atoms with E-state index in [2.05, 4.69) is 60.8 Å². The van der Waals surface area contributed by atoms with E-state index in [-0.39, 0.29) is 0 Å². The molecule has 0 aliphatic rings. The number of guanidine groups is 1. The maximum absolute atomic E-state index is 5.38. The van der Waals surface area contributed by atoms with Gasteiger partial charge in [-0.15, -0.1) is 0 Å². The second-order valence-corrected chi connectivity index (χ2v) is 6.72. The third-order valence-electron chi connectivity index (χ3n) is 4.50. The van der Waals surface area contributed by atoms with Crippen LogP contribution in [-0.2, 0) is 6.42 Å². The molecule has 0 aliphatic carbocycles. The monoisotopic (exact) mass is 384 g/mol. The van der Waals surface area contributed by atoms with Gasteiger partial charge >= 0.3 is 0 Å². The van der Waals surface area contributed by atoms with Crippen LogP contribution in [0.2, 0.25) is 0 Å². The summed E-state index contributed by atoms with van der Waals surface area (Å²) in [5.74, 6) is 2.12. The molecule has 0 saturated carbocycles. The van der Waals surface area contributed by atoms with Crippen molar-refractivity contribution in [3.8, 4) is 11.5 Å². The molecule has 152 valence electrons. The first kappa shape index (κ1) is 21.6. The molecule has 2 rings (SSSR count). The van der Waals surface area contributed by atoms with Gasteiger partial charge in [-0.05, 0) is 45.1 Å². The summed E-state index contributed by atoms with van der Waals surface area (Å²) in [7, 11) is 7.45. The molecule has 1 unspecified atom stereocenters. The number of methoxy groups -OCH3 is 2. The van der Waals surface area contributed by atoms with Gasteiger partial charge in [0.15, 0.2) is 17.5 Å². The third-order valence-corrected chi connectivity index (χ3v) is 4.50. The van der Waals surface area contributed by atoms with Crippen molar-refractivity contribution in [3.63, 3.8) is 0 Å². The quantitative estimate of drug-likeness (QED) is 0.513. The number of anilines is 1. The zero-order valence-corrected chi connectivity index (χ0v) is 17.5. The Morgan fingerprint density at radius 2 is 1.75 bits per heavy atom. The maximum Gasteiger partial charge on any atom is 0.195 e. The second kappa shape index (κ2) is 11.2. The highest BCUT2D eigenvalue weighted by Crippen LogP contribution is 2.29. The fraction of sp³-hybridized carbons (Fsp3) is 0.409. The van der Waals surface area contributed by atoms with Gasteiger partial charge in [-0.2, -0.15) is 0 Å². The van der Waals surface area contributed by atoms with E-state index in [1.54, 1.807) is 14.2 Å². The summed E-state index contributed by atoms with van der Waals surface area (Å²) in [5, 5.41) is 6.65. The summed E-state index contributed by atoms with van der Waals surface area (Å²) >= 11 is 0. The highest BCUT2D eigenvalue weighted by molar-refractivity contribution is 5.93. The van der Waals surface area contributed by atoms with Crippen molar-refractivity contribution >= 4 is 11.6 Å². The molecule has 0 heterocycles. The van der Waals surface area contributed by atoms with Crippen molar-refractivity contribution in [2.24, 2.45) is 4.99 Å². The lowest BCUT2D eigenvalue weighted by Gasteiger charge is -2.23. The Labute approximate surface area is 168 Å². The molecule has 0 bridgehead atoms. The van der Waals surface area contributed by atoms with Crippen molar-refractivity contribution in [2.45, 2.75) is 19.4 Å². The predicted molar refractivity (Wildman–Crippen MR) is 117 cm³/mol. The van der Waals surface area contributed by atoms with Crippen molar-refractivity contribution in [2.75, 3.05) is 46.7 Å². The number of aliphatic imine (C=N–C) groups is 1. The maximum atomic E-state index is 5.38. The molecule has 0 aromatic heterocycles. The van der Waals surface area contributed by atoms with Gasteiger partial charge in [-0.1, -0.05) is 30.3 Å². The molecule has 1 atom stereocenters. The van der Waals surface area contributed by atoms with Crippen LogP contribution in [0.15, 0.2) is 53.5 Å². The smallest absolute Gasteiger partial charge is 0.195 e. The average molecular weight is 385 g/mol. The van der Waals surface area contributed by atoms with Gasteiger partial charge in [0.1, 0.15) is 0 Å². The minimum Gasteiger partial charge on any atom is -0.493 e. The molecule has 6 heteroatoms. The number of nitrogens with zero attached hydrogens (tertiary/aromatic N) is 2. The van der Waals surface area contributed by atoms with Crippen LogP contribution >= 0.6 is 0 Å². The Hall–Kier alpha value is -2.73. The van der Waals surface area contributed by atoms with Crippen LogP contribution in [0, 0.1) is 0 Å². The van der Waals surface area contributed by atoms with Gasteiger partial charge in [-0.3, -0.25) is 4.99 Å². The summed E-state index contributed by atoms with van der Waals surface area (Å²) in [6.07, 6.45) is 0.951. The molecule has 2 N–H and O–H groups in total. The summed E-state index contributed by atoms with van der Waals surface area (Å²) < 4.78 is 10.7. The van der Waals surface area contributed by atoms with E-state index in [4.69, 9.17) is 14.5 Å². The largest absolute Gasteiger partial charge is 0.493 e. The molecule has 28 heavy (non-hydrogen) atoms. The van der Waals surface area contributed by atoms with Crippen LogP contribution in [0.1, 0.15) is 12.5 Å². The molecular formula is C22H32N4O2. The molecule has 2 aromatic rings. The van der Waals surface area contributed by atoms with Crippen molar-refractivity contribution < 1.29 is 9.47 Å². The highest BCUT2D eigenvalue weighted by Gasteiger charge is 2.13. The topological polar surface area (TPSA) is 58.1 Å². The van der Waals surface area contributed by atoms with Gasteiger partial charge in [0, 0.05) is 24.3 Å². The first-order valence-electron chi connectivity index (χ1n) is 9.55. The van der Waals surface area contributed by atoms with E-state index < -0.39 is 0 Å². The lowest BCUT2D eigenvalue weighted by atomic mass is 10.1. The number of likely N-dealkylation sites (N-methyl/N-ethyl adjacent to an activating group) is 1. The fourth-order valence-electron chi connectivity index (χ4n) is 2.85. The SMILES string of the molecule is CCNC(=NCC(Cc1ccccc1)N(C)C)Nc1ccc(OC)c(OC)c1. The minimum atomic E-state index is 0.309. The van der Waals surface area contributed by atoms with E-state index in [1.165, 1.54) is 5.56 Å². The van der Waals surface area contributed by atoms with Gasteiger partial charge in [-0.25, -0.2) is 0 Å². The molecule has 0 amide bonds. The van der Waals surface area contributed by atoms with Crippen LogP contribution in [0.4, 0.5) is 5.69 Å². The molecule has 0 aliphatic heterocycles. The van der Waals surface area contributed by atoms with Crippen molar-refractivity contribution in [1.29, 1.82) is 0 Å². The number of ether oxygens (including phenoxy) is 2. The van der Waals surface area contributed by atoms with E-state index in [0.29, 0.717) is 24.1 Å². The normalized spacial score (nSPS) is 12.6. The molecule has 0 spiro atoms. The average Bonchev–Trinajstić information content (AvgIpc) is 2.71. The number of rotatable bonds is 9. The summed E-state index contributed by atoms with van der Waals surface area (Å²) in [4.78, 5) is 7.02. The van der Waals surface area contributed by atoms with Gasteiger partial charge < -0.3 is 25.0 Å². The Morgan fingerprint density at radius 1 is 1.04 bits per heavy atom. The van der Waals surface area contributed by atoms with Gasteiger partial charge in [0.05, 0.1) is 20.8 Å². The fourth-order valence-corrected chi connectivity index (χ4v) is 2.85. The zero-order valence-electron chi connectivity index (χ0n) is 17.5. The summed E-state index contributed by atoms with van der Waals surface area (Å²) in [6.45, 7) is 3.52. The predicted octanol–water partition coefficient (Wildman–Crippen LogP) is 3.25. The van der Waals surface area contributed by atoms with Crippen molar-refractivity contribution in [1.82, 2.24) is 10.2 Å². The highest BCUT2D eigenvalue weighted by atomic mass is 16.5. The first-order valence-corrected chi connectivity index (χ1v) is 9.55. The third kappa shape index (κ3) is 6.46. The zero-order chi connectivity index (χ0) is 20.4. The van der Waals surface area contributed by atoms with Crippen molar-refractivity contribution in [3.05, 3.63) is 54.1 Å². The van der Waals surface area contributed by atoms with E-state index in [0.717, 1.165) is 24.6 Å². The Morgan fingerprint density at radius 3 is 2.36 bits per heavy atom. The lowest BCUT2D eigenvalue weighted by Crippen LogP contribution is -2.36. The minimum absolute atomic E-state index is 0.309. The first-order chi connectivity index (χ1) is 13.6. The number of nitrogens with one attached hydrogen (secondary N) is 2. The van der Waals surface area contributed by atoms with E-state index in [9.17, 15) is 0 Å². The number of hydrogen-bond donors (Lipinski definition) is 2. The second-order valence-electron chi connectivity index (χ2n) is 6.72. The van der Waals surface area contributed by atoms with Crippen LogP contribution in [0.5, 0.6) is 11.5 Å². The Bertz CT molecular complexity index is 747. The van der Waals surface area contributed by atoms with E-state index in [1.807, 2.05) is 24.3 Å². The molecule has 0 fully saturated rings. The van der Waals surface area contributed by atoms with E-state index >= 15 is 0 Å². The van der Waals surface area contributed by atoms with Crippen LogP contribution < -0.4 is 20.1 Å². The van der Waals surface area contributed by atoms with Gasteiger partial charge in [0.25, 0.3) is 0 Å². The van der Waals surface area contributed by atoms with Crippen LogP contribution in [-0.4, -0.2) is 58.3 Å². The molecular weight excluding hydrogens is 352 g/mol. The van der Waals surface area contributed by atoms with Gasteiger partial charge in [0.2, 0.25) is 0 Å². The van der Waals surface area contributed by atoms with Crippen LogP contribution in [0.3, 0.4) is 0 Å². The number of hydrogen-bond acceptors (Lipinski definition) is 4. The molecule has 6 nitrogen and oxygen atoms in total.